The summed E-state index contributed by atoms with van der Waals surface area (Å²) in [5.74, 6) is -2.83. The van der Waals surface area contributed by atoms with Crippen molar-refractivity contribution in [3.05, 3.63) is 0 Å². The second kappa shape index (κ2) is 4.52. The normalized spacial score (nSPS) is 26.0. The number of hydrogen-bond donors (Lipinski definition) is 3. The highest BCUT2D eigenvalue weighted by molar-refractivity contribution is 6.15. The number of aliphatic carboxylic acids is 1. The molecule has 0 radical (unpaired) electrons. The highest BCUT2D eigenvalue weighted by atomic mass is 16.4. The molecule has 1 aliphatic rings. The molecule has 94 valence electrons. The molecule has 0 bridgehead atoms. The second-order valence-electron chi connectivity index (χ2n) is 4.13. The molecular weight excluding hydrogens is 228 g/mol. The lowest BCUT2D eigenvalue weighted by Gasteiger charge is -2.32. The van der Waals surface area contributed by atoms with E-state index in [0.717, 1.165) is 0 Å². The van der Waals surface area contributed by atoms with Gasteiger partial charge in [0, 0.05) is 12.8 Å². The molecule has 1 saturated heterocycles. The first-order valence-electron chi connectivity index (χ1n) is 5.15. The number of carboxylic acid groups (broad SMARTS) is 1. The number of hydrogen-bond acceptors (Lipinski definition) is 4. The molecule has 7 nitrogen and oxygen atoms in total. The Kier molecular flexibility index (Phi) is 3.50. The molecule has 0 aliphatic carbocycles. The molecule has 3 N–H and O–H groups in total. The van der Waals surface area contributed by atoms with Crippen LogP contribution in [0.25, 0.3) is 0 Å². The summed E-state index contributed by atoms with van der Waals surface area (Å²) >= 11 is 0. The molecule has 0 aromatic rings. The number of piperidine rings is 1. The number of ketones is 1. The topological polar surface area (TPSA) is 113 Å². The highest BCUT2D eigenvalue weighted by Gasteiger charge is 2.45. The van der Waals surface area contributed by atoms with Crippen LogP contribution >= 0.6 is 0 Å². The van der Waals surface area contributed by atoms with Crippen molar-refractivity contribution in [1.82, 2.24) is 10.6 Å². The van der Waals surface area contributed by atoms with Crippen molar-refractivity contribution in [2.24, 2.45) is 0 Å². The van der Waals surface area contributed by atoms with E-state index in [9.17, 15) is 19.2 Å². The average molecular weight is 242 g/mol. The van der Waals surface area contributed by atoms with Gasteiger partial charge in [0.1, 0.15) is 6.04 Å². The lowest BCUT2D eigenvalue weighted by Crippen LogP contribution is -2.65. The van der Waals surface area contributed by atoms with Gasteiger partial charge in [-0.05, 0) is 13.8 Å². The zero-order valence-corrected chi connectivity index (χ0v) is 9.57. The number of amides is 2. The predicted octanol–water partition coefficient (Wildman–Crippen LogP) is -1.19. The van der Waals surface area contributed by atoms with Crippen LogP contribution in [0.3, 0.4) is 0 Å². The molecule has 2 amide bonds. The molecule has 0 unspecified atom stereocenters. The second-order valence-corrected chi connectivity index (χ2v) is 4.13. The third-order valence-corrected chi connectivity index (χ3v) is 2.70. The number of carboxylic acids is 1. The van der Waals surface area contributed by atoms with E-state index in [4.69, 9.17) is 5.11 Å². The molecule has 1 rings (SSSR count). The fraction of sp³-hybridized carbons (Fsp3) is 0.600. The van der Waals surface area contributed by atoms with E-state index < -0.39 is 35.1 Å². The minimum atomic E-state index is -1.67. The summed E-state index contributed by atoms with van der Waals surface area (Å²) in [5.41, 5.74) is -1.67. The van der Waals surface area contributed by atoms with Crippen LogP contribution in [0.4, 0.5) is 0 Å². The molecule has 1 aliphatic heterocycles. The van der Waals surface area contributed by atoms with E-state index in [0.29, 0.717) is 0 Å². The number of carbonyl (C=O) groups excluding carboxylic acids is 3. The molecule has 0 aromatic carbocycles. The predicted molar refractivity (Wildman–Crippen MR) is 56.0 cm³/mol. The monoisotopic (exact) mass is 242 g/mol. The van der Waals surface area contributed by atoms with Crippen LogP contribution in [0, 0.1) is 0 Å². The average Bonchev–Trinajstić information content (AvgIpc) is 2.23. The van der Waals surface area contributed by atoms with Crippen LogP contribution in [0.2, 0.25) is 0 Å². The van der Waals surface area contributed by atoms with Gasteiger partial charge in [-0.3, -0.25) is 19.2 Å². The maximum atomic E-state index is 11.8. The summed E-state index contributed by atoms with van der Waals surface area (Å²) in [7, 11) is 0. The van der Waals surface area contributed by atoms with Gasteiger partial charge in [-0.15, -0.1) is 0 Å². The molecule has 0 aromatic heterocycles. The van der Waals surface area contributed by atoms with Crippen LogP contribution in [-0.2, 0) is 19.2 Å². The molecule has 0 saturated carbocycles. The van der Waals surface area contributed by atoms with E-state index >= 15 is 0 Å². The molecule has 1 heterocycles. The third-order valence-electron chi connectivity index (χ3n) is 2.70. The highest BCUT2D eigenvalue weighted by Crippen LogP contribution is 2.16. The minimum Gasteiger partial charge on any atom is -0.480 e. The summed E-state index contributed by atoms with van der Waals surface area (Å²) in [5, 5.41) is 13.1. The molecule has 7 heteroatoms. The maximum Gasteiger partial charge on any atom is 0.325 e. The first-order chi connectivity index (χ1) is 7.77. The van der Waals surface area contributed by atoms with E-state index in [1.54, 1.807) is 0 Å². The number of nitrogens with one attached hydrogen (secondary N) is 2. The van der Waals surface area contributed by atoms with Gasteiger partial charge in [-0.2, -0.15) is 0 Å². The molecule has 1 fully saturated rings. The summed E-state index contributed by atoms with van der Waals surface area (Å²) in [6, 6.07) is -1.12. The van der Waals surface area contributed by atoms with Gasteiger partial charge in [-0.25, -0.2) is 0 Å². The molecule has 17 heavy (non-hydrogen) atoms. The van der Waals surface area contributed by atoms with Crippen LogP contribution < -0.4 is 10.6 Å². The first-order valence-corrected chi connectivity index (χ1v) is 5.15. The van der Waals surface area contributed by atoms with E-state index in [1.165, 1.54) is 13.8 Å². The first kappa shape index (κ1) is 13.1. The number of carbonyl (C=O) groups is 4. The smallest absolute Gasteiger partial charge is 0.325 e. The lowest BCUT2D eigenvalue weighted by atomic mass is 9.88. The van der Waals surface area contributed by atoms with Gasteiger partial charge in [0.2, 0.25) is 5.91 Å². The molecule has 0 spiro atoms. The van der Waals surface area contributed by atoms with Gasteiger partial charge in [0.15, 0.2) is 11.3 Å². The van der Waals surface area contributed by atoms with Gasteiger partial charge in [0.05, 0.1) is 0 Å². The van der Waals surface area contributed by atoms with Gasteiger partial charge >= 0.3 is 5.97 Å². The minimum absolute atomic E-state index is 0.0167. The molecular formula is C10H14N2O5. The quantitative estimate of drug-likeness (QED) is 0.539. The largest absolute Gasteiger partial charge is 0.480 e. The fourth-order valence-corrected chi connectivity index (χ4v) is 1.47. The Balaban J connectivity index is 2.81. The SMILES string of the molecule is C[C@H](NC(=O)[C@]1(C)NC(=O)CCC1=O)C(=O)O. The van der Waals surface area contributed by atoms with Gasteiger partial charge in [-0.1, -0.05) is 0 Å². The number of Topliss-reactive ketones (excluding diaryl/α,β-unsaturated/α-hetero) is 1. The van der Waals surface area contributed by atoms with E-state index in [-0.39, 0.29) is 12.8 Å². The third kappa shape index (κ3) is 2.61. The Morgan fingerprint density at radius 1 is 1.41 bits per heavy atom. The van der Waals surface area contributed by atoms with Crippen molar-refractivity contribution >= 4 is 23.6 Å². The van der Waals surface area contributed by atoms with Gasteiger partial charge in [0.25, 0.3) is 5.91 Å². The zero-order chi connectivity index (χ0) is 13.2. The Bertz CT molecular complexity index is 392. The van der Waals surface area contributed by atoms with Gasteiger partial charge < -0.3 is 15.7 Å². The summed E-state index contributed by atoms with van der Waals surface area (Å²) in [6.45, 7) is 2.55. The van der Waals surface area contributed by atoms with Crippen molar-refractivity contribution in [3.8, 4) is 0 Å². The standard InChI is InChI=1S/C10H14N2O5/c1-5(8(15)16)11-9(17)10(2)6(13)3-4-7(14)12-10/h5H,3-4H2,1-2H3,(H,11,17)(H,12,14)(H,15,16)/t5-,10+/m0/s1. The van der Waals surface area contributed by atoms with E-state index in [2.05, 4.69) is 10.6 Å². The van der Waals surface area contributed by atoms with Crippen LogP contribution in [0.1, 0.15) is 26.7 Å². The van der Waals surface area contributed by atoms with Crippen molar-refractivity contribution in [2.45, 2.75) is 38.3 Å². The Morgan fingerprint density at radius 3 is 2.53 bits per heavy atom. The fourth-order valence-electron chi connectivity index (χ4n) is 1.47. The zero-order valence-electron chi connectivity index (χ0n) is 9.57. The van der Waals surface area contributed by atoms with Crippen molar-refractivity contribution in [2.75, 3.05) is 0 Å². The lowest BCUT2D eigenvalue weighted by molar-refractivity contribution is -0.148. The van der Waals surface area contributed by atoms with Crippen LogP contribution in [0.15, 0.2) is 0 Å². The number of rotatable bonds is 3. The van der Waals surface area contributed by atoms with Crippen molar-refractivity contribution in [3.63, 3.8) is 0 Å². The maximum absolute atomic E-state index is 11.8. The summed E-state index contributed by atoms with van der Waals surface area (Å²) in [4.78, 5) is 45.2. The van der Waals surface area contributed by atoms with Crippen LogP contribution in [-0.4, -0.2) is 40.3 Å². The summed E-state index contributed by atoms with van der Waals surface area (Å²) in [6.07, 6.45) is 0.0351. The van der Waals surface area contributed by atoms with E-state index in [1.807, 2.05) is 0 Å². The van der Waals surface area contributed by atoms with Crippen LogP contribution in [0.5, 0.6) is 0 Å². The Labute approximate surface area is 97.6 Å². The van der Waals surface area contributed by atoms with Crippen molar-refractivity contribution in [1.29, 1.82) is 0 Å². The summed E-state index contributed by atoms with van der Waals surface area (Å²) < 4.78 is 0. The Hall–Kier alpha value is -1.92. The molecule has 2 atom stereocenters. The van der Waals surface area contributed by atoms with Crippen molar-refractivity contribution < 1.29 is 24.3 Å². The Morgan fingerprint density at radius 2 is 2.00 bits per heavy atom.